The normalized spacial score (nSPS) is 23.0. The van der Waals surface area contributed by atoms with Gasteiger partial charge < -0.3 is 10.1 Å². The standard InChI is InChI=1S/C23H27ClN4OS/c1-14-26-22(17-5-10-30-23(17)27-14)19-12-18(19)16-4-3-15(11-20(16)24)21(13-29-2)28-8-6-25-7-9-28/h3-5,10-11,18-19,21,25H,6-9,12-13H2,1-2H3. The van der Waals surface area contributed by atoms with Gasteiger partial charge in [-0.3, -0.25) is 4.90 Å². The van der Waals surface area contributed by atoms with E-state index in [9.17, 15) is 0 Å². The van der Waals surface area contributed by atoms with Gasteiger partial charge in [0.05, 0.1) is 18.3 Å². The fourth-order valence-corrected chi connectivity index (χ4v) is 5.87. The Bertz CT molecular complexity index is 1050. The minimum atomic E-state index is 0.244. The molecule has 30 heavy (non-hydrogen) atoms. The smallest absolute Gasteiger partial charge is 0.127 e. The van der Waals surface area contributed by atoms with Crippen LogP contribution in [0.4, 0.5) is 0 Å². The van der Waals surface area contributed by atoms with Gasteiger partial charge in [0.2, 0.25) is 0 Å². The molecule has 3 atom stereocenters. The van der Waals surface area contributed by atoms with Crippen LogP contribution < -0.4 is 5.32 Å². The first-order valence-corrected chi connectivity index (χ1v) is 11.9. The summed E-state index contributed by atoms with van der Waals surface area (Å²) in [5.74, 6) is 1.71. The summed E-state index contributed by atoms with van der Waals surface area (Å²) in [6.07, 6.45) is 1.10. The Balaban J connectivity index is 1.39. The number of hydrogen-bond donors (Lipinski definition) is 1. The van der Waals surface area contributed by atoms with Crippen molar-refractivity contribution >= 4 is 33.2 Å². The van der Waals surface area contributed by atoms with Gasteiger partial charge in [-0.15, -0.1) is 11.3 Å². The molecule has 1 saturated carbocycles. The minimum Gasteiger partial charge on any atom is -0.383 e. The van der Waals surface area contributed by atoms with E-state index in [-0.39, 0.29) is 6.04 Å². The van der Waals surface area contributed by atoms with Crippen LogP contribution in [-0.2, 0) is 4.74 Å². The van der Waals surface area contributed by atoms with Crippen molar-refractivity contribution in [2.45, 2.75) is 31.2 Å². The number of piperazine rings is 1. The summed E-state index contributed by atoms with van der Waals surface area (Å²) in [4.78, 5) is 12.9. The molecule has 1 saturated heterocycles. The zero-order chi connectivity index (χ0) is 20.7. The van der Waals surface area contributed by atoms with Crippen LogP contribution in [0.25, 0.3) is 10.2 Å². The molecule has 2 aliphatic rings. The zero-order valence-electron chi connectivity index (χ0n) is 17.4. The van der Waals surface area contributed by atoms with Crippen LogP contribution in [0.3, 0.4) is 0 Å². The molecule has 5 rings (SSSR count). The van der Waals surface area contributed by atoms with Crippen LogP contribution >= 0.6 is 22.9 Å². The van der Waals surface area contributed by atoms with Crippen LogP contribution in [0, 0.1) is 6.92 Å². The summed E-state index contributed by atoms with van der Waals surface area (Å²) in [6.45, 7) is 6.76. The molecule has 0 amide bonds. The first kappa shape index (κ1) is 20.3. The Morgan fingerprint density at radius 2 is 2.07 bits per heavy atom. The lowest BCUT2D eigenvalue weighted by molar-refractivity contribution is 0.0813. The van der Waals surface area contributed by atoms with Gasteiger partial charge in [-0.2, -0.15) is 0 Å². The van der Waals surface area contributed by atoms with Crippen molar-refractivity contribution in [3.8, 4) is 0 Å². The van der Waals surface area contributed by atoms with Gasteiger partial charge >= 0.3 is 0 Å². The average Bonchev–Trinajstić information content (AvgIpc) is 3.40. The molecule has 0 radical (unpaired) electrons. The second kappa shape index (κ2) is 8.52. The molecule has 3 heterocycles. The number of fused-ring (bicyclic) bond motifs is 1. The SMILES string of the molecule is COCC(c1ccc(C2CC2c2nc(C)nc3sccc23)c(Cl)c1)N1CCNCC1. The highest BCUT2D eigenvalue weighted by Crippen LogP contribution is 2.57. The maximum absolute atomic E-state index is 6.83. The van der Waals surface area contributed by atoms with E-state index in [4.69, 9.17) is 21.3 Å². The topological polar surface area (TPSA) is 50.3 Å². The molecule has 7 heteroatoms. The predicted molar refractivity (Wildman–Crippen MR) is 123 cm³/mol. The number of thiophene rings is 1. The predicted octanol–water partition coefficient (Wildman–Crippen LogP) is 4.52. The van der Waals surface area contributed by atoms with Crippen LogP contribution in [-0.4, -0.2) is 54.8 Å². The van der Waals surface area contributed by atoms with E-state index in [1.165, 1.54) is 22.2 Å². The first-order valence-electron chi connectivity index (χ1n) is 10.6. The second-order valence-electron chi connectivity index (χ2n) is 8.28. The van der Waals surface area contributed by atoms with Crippen molar-refractivity contribution in [3.05, 3.63) is 57.3 Å². The number of aromatic nitrogens is 2. The van der Waals surface area contributed by atoms with E-state index >= 15 is 0 Å². The molecule has 158 valence electrons. The Morgan fingerprint density at radius 3 is 2.83 bits per heavy atom. The number of aryl methyl sites for hydroxylation is 1. The van der Waals surface area contributed by atoms with E-state index in [0.29, 0.717) is 18.4 Å². The van der Waals surface area contributed by atoms with Crippen LogP contribution in [0.5, 0.6) is 0 Å². The molecule has 0 bridgehead atoms. The number of hydrogen-bond acceptors (Lipinski definition) is 6. The Kier molecular flexibility index (Phi) is 5.77. The third-order valence-corrected chi connectivity index (χ3v) is 7.47. The second-order valence-corrected chi connectivity index (χ2v) is 9.58. The summed E-state index contributed by atoms with van der Waals surface area (Å²) in [5, 5.41) is 7.59. The van der Waals surface area contributed by atoms with Crippen LogP contribution in [0.15, 0.2) is 29.6 Å². The molecule has 3 aromatic rings. The summed E-state index contributed by atoms with van der Waals surface area (Å²) in [5.41, 5.74) is 3.66. The zero-order valence-corrected chi connectivity index (χ0v) is 19.0. The van der Waals surface area contributed by atoms with Crippen molar-refractivity contribution in [2.75, 3.05) is 39.9 Å². The molecule has 3 unspecified atom stereocenters. The third kappa shape index (κ3) is 3.87. The van der Waals surface area contributed by atoms with Gasteiger partial charge in [0, 0.05) is 49.6 Å². The van der Waals surface area contributed by atoms with Crippen molar-refractivity contribution in [1.29, 1.82) is 0 Å². The van der Waals surface area contributed by atoms with Gasteiger partial charge in [0.15, 0.2) is 0 Å². The average molecular weight is 443 g/mol. The summed E-state index contributed by atoms with van der Waals surface area (Å²) >= 11 is 8.51. The molecule has 0 spiro atoms. The lowest BCUT2D eigenvalue weighted by Crippen LogP contribution is -2.46. The summed E-state index contributed by atoms with van der Waals surface area (Å²) in [7, 11) is 1.77. The Labute approximate surface area is 186 Å². The first-order chi connectivity index (χ1) is 14.7. The highest BCUT2D eigenvalue weighted by Gasteiger charge is 2.43. The molecule has 1 aliphatic heterocycles. The molecular weight excluding hydrogens is 416 g/mol. The van der Waals surface area contributed by atoms with Crippen LogP contribution in [0.1, 0.15) is 46.9 Å². The Hall–Kier alpha value is -1.57. The third-order valence-electron chi connectivity index (χ3n) is 6.33. The number of halogens is 1. The van der Waals surface area contributed by atoms with Crippen LogP contribution in [0.2, 0.25) is 5.02 Å². The van der Waals surface area contributed by atoms with E-state index < -0.39 is 0 Å². The number of ether oxygens (including phenoxy) is 1. The largest absolute Gasteiger partial charge is 0.383 e. The van der Waals surface area contributed by atoms with Gasteiger partial charge in [-0.05, 0) is 47.9 Å². The number of benzene rings is 1. The van der Waals surface area contributed by atoms with Gasteiger partial charge in [-0.25, -0.2) is 9.97 Å². The molecule has 1 N–H and O–H groups in total. The fraction of sp³-hybridized carbons (Fsp3) is 0.478. The van der Waals surface area contributed by atoms with Gasteiger partial charge in [0.1, 0.15) is 10.7 Å². The molecule has 1 aliphatic carbocycles. The van der Waals surface area contributed by atoms with Crippen molar-refractivity contribution in [2.24, 2.45) is 0 Å². The molecule has 5 nitrogen and oxygen atoms in total. The van der Waals surface area contributed by atoms with E-state index in [2.05, 4.69) is 44.8 Å². The van der Waals surface area contributed by atoms with Gasteiger partial charge in [-0.1, -0.05) is 23.7 Å². The number of nitrogens with zero attached hydrogens (tertiary/aromatic N) is 3. The molecular formula is C23H27ClN4OS. The lowest BCUT2D eigenvalue weighted by Gasteiger charge is -2.35. The monoisotopic (exact) mass is 442 g/mol. The quantitative estimate of drug-likeness (QED) is 0.608. The summed E-state index contributed by atoms with van der Waals surface area (Å²) in [6, 6.07) is 9.02. The molecule has 2 fully saturated rings. The number of rotatable bonds is 6. The van der Waals surface area contributed by atoms with Gasteiger partial charge in [0.25, 0.3) is 0 Å². The summed E-state index contributed by atoms with van der Waals surface area (Å²) < 4.78 is 5.54. The molecule has 2 aromatic heterocycles. The maximum atomic E-state index is 6.83. The lowest BCUT2D eigenvalue weighted by atomic mass is 10.00. The van der Waals surface area contributed by atoms with Crippen molar-refractivity contribution in [3.63, 3.8) is 0 Å². The fourth-order valence-electron chi connectivity index (χ4n) is 4.73. The van der Waals surface area contributed by atoms with E-state index in [0.717, 1.165) is 48.3 Å². The highest BCUT2D eigenvalue weighted by molar-refractivity contribution is 7.16. The maximum Gasteiger partial charge on any atom is 0.127 e. The van der Waals surface area contributed by atoms with Crippen molar-refractivity contribution in [1.82, 2.24) is 20.2 Å². The highest BCUT2D eigenvalue weighted by atomic mass is 35.5. The van der Waals surface area contributed by atoms with Crippen molar-refractivity contribution < 1.29 is 4.74 Å². The minimum absolute atomic E-state index is 0.244. The number of nitrogens with one attached hydrogen (secondary N) is 1. The number of methoxy groups -OCH3 is 1. The molecule has 1 aromatic carbocycles. The van der Waals surface area contributed by atoms with E-state index in [1.807, 2.05) is 6.92 Å². The Morgan fingerprint density at radius 1 is 1.23 bits per heavy atom. The van der Waals surface area contributed by atoms with E-state index in [1.54, 1.807) is 18.4 Å².